The Morgan fingerprint density at radius 1 is 1.18 bits per heavy atom. The molecule has 0 amide bonds. The van der Waals surface area contributed by atoms with Crippen molar-refractivity contribution in [1.82, 2.24) is 0 Å². The van der Waals surface area contributed by atoms with E-state index in [0.717, 1.165) is 38.5 Å². The van der Waals surface area contributed by atoms with Gasteiger partial charge in [-0.3, -0.25) is 4.79 Å². The third kappa shape index (κ3) is 2.40. The van der Waals surface area contributed by atoms with E-state index in [1.54, 1.807) is 0 Å². The summed E-state index contributed by atoms with van der Waals surface area (Å²) in [5, 5.41) is 0. The molecule has 28 heavy (non-hydrogen) atoms. The summed E-state index contributed by atoms with van der Waals surface area (Å²) in [5.41, 5.74) is -0.162. The van der Waals surface area contributed by atoms with Crippen LogP contribution in [0.3, 0.4) is 0 Å². The summed E-state index contributed by atoms with van der Waals surface area (Å²) >= 11 is 0. The molecule has 3 unspecified atom stereocenters. The van der Waals surface area contributed by atoms with Crippen molar-refractivity contribution >= 4 is 5.97 Å². The molecule has 4 heteroatoms. The van der Waals surface area contributed by atoms with Gasteiger partial charge in [-0.15, -0.1) is 0 Å². The number of epoxide rings is 2. The molecule has 10 atom stereocenters. The number of hydrogen-bond donors (Lipinski definition) is 0. The maximum absolute atomic E-state index is 13.7. The second-order valence-corrected chi connectivity index (χ2v) is 11.4. The van der Waals surface area contributed by atoms with Gasteiger partial charge in [0.25, 0.3) is 0 Å². The average molecular weight is 391 g/mol. The lowest BCUT2D eigenvalue weighted by Crippen LogP contribution is -2.55. The molecular formula is C24H38O4. The fraction of sp³-hybridized carbons (Fsp3) is 0.958. The minimum atomic E-state index is -0.311. The van der Waals surface area contributed by atoms with E-state index < -0.39 is 0 Å². The summed E-state index contributed by atoms with van der Waals surface area (Å²) in [6, 6.07) is 0. The van der Waals surface area contributed by atoms with Gasteiger partial charge in [0.1, 0.15) is 11.7 Å². The lowest BCUT2D eigenvalue weighted by Gasteiger charge is -2.54. The highest BCUT2D eigenvalue weighted by molar-refractivity contribution is 5.79. The Hall–Kier alpha value is -0.610. The van der Waals surface area contributed by atoms with Crippen LogP contribution in [-0.2, 0) is 19.0 Å². The third-order valence-corrected chi connectivity index (χ3v) is 9.60. The van der Waals surface area contributed by atoms with E-state index in [1.807, 2.05) is 6.92 Å². The van der Waals surface area contributed by atoms with Gasteiger partial charge >= 0.3 is 5.97 Å². The number of esters is 1. The second-order valence-electron chi connectivity index (χ2n) is 11.4. The van der Waals surface area contributed by atoms with Gasteiger partial charge in [-0.2, -0.15) is 0 Å². The van der Waals surface area contributed by atoms with Crippen LogP contribution in [0, 0.1) is 34.5 Å². The zero-order valence-electron chi connectivity index (χ0n) is 18.5. The van der Waals surface area contributed by atoms with Gasteiger partial charge in [-0.25, -0.2) is 0 Å². The Bertz CT molecular complexity index is 676. The first-order valence-corrected chi connectivity index (χ1v) is 11.7. The van der Waals surface area contributed by atoms with Crippen molar-refractivity contribution in [3.63, 3.8) is 0 Å². The first-order valence-electron chi connectivity index (χ1n) is 11.7. The molecule has 5 rings (SSSR count). The summed E-state index contributed by atoms with van der Waals surface area (Å²) in [4.78, 5) is 13.7. The molecule has 0 bridgehead atoms. The maximum atomic E-state index is 13.7. The monoisotopic (exact) mass is 390 g/mol. The number of carbonyl (C=O) groups is 1. The van der Waals surface area contributed by atoms with Crippen molar-refractivity contribution in [3.05, 3.63) is 0 Å². The van der Waals surface area contributed by atoms with Crippen molar-refractivity contribution in [2.24, 2.45) is 34.5 Å². The Labute approximate surface area is 170 Å². The molecule has 0 N–H and O–H groups in total. The highest BCUT2D eigenvalue weighted by atomic mass is 16.7. The van der Waals surface area contributed by atoms with E-state index in [9.17, 15) is 4.79 Å². The van der Waals surface area contributed by atoms with E-state index in [2.05, 4.69) is 34.6 Å². The summed E-state index contributed by atoms with van der Waals surface area (Å²) < 4.78 is 18.5. The first kappa shape index (κ1) is 19.4. The first-order chi connectivity index (χ1) is 13.2. The topological polar surface area (TPSA) is 51.4 Å². The van der Waals surface area contributed by atoms with Crippen molar-refractivity contribution in [2.45, 2.75) is 110 Å². The highest BCUT2D eigenvalue weighted by Gasteiger charge is 2.77. The Balaban J connectivity index is 1.52. The molecule has 0 aromatic carbocycles. The van der Waals surface area contributed by atoms with Crippen molar-refractivity contribution < 1.29 is 19.0 Å². The predicted octanol–water partition coefficient (Wildman–Crippen LogP) is 4.74. The summed E-state index contributed by atoms with van der Waals surface area (Å²) in [6.07, 6.45) is 7.24. The van der Waals surface area contributed by atoms with Crippen LogP contribution in [0.4, 0.5) is 0 Å². The van der Waals surface area contributed by atoms with Gasteiger partial charge in [-0.1, -0.05) is 27.7 Å². The molecule has 2 aliphatic heterocycles. The van der Waals surface area contributed by atoms with Crippen molar-refractivity contribution in [3.8, 4) is 0 Å². The van der Waals surface area contributed by atoms with Crippen LogP contribution >= 0.6 is 0 Å². The molecule has 5 fully saturated rings. The fourth-order valence-corrected chi connectivity index (χ4v) is 7.79. The van der Waals surface area contributed by atoms with Gasteiger partial charge < -0.3 is 14.2 Å². The molecule has 4 nitrogen and oxygen atoms in total. The van der Waals surface area contributed by atoms with Crippen LogP contribution in [0.25, 0.3) is 0 Å². The largest absolute Gasteiger partial charge is 0.462 e. The molecule has 2 saturated heterocycles. The van der Waals surface area contributed by atoms with Crippen LogP contribution < -0.4 is 0 Å². The van der Waals surface area contributed by atoms with Crippen LogP contribution in [0.15, 0.2) is 0 Å². The molecule has 0 radical (unpaired) electrons. The second kappa shape index (κ2) is 5.97. The van der Waals surface area contributed by atoms with E-state index in [-0.39, 0.29) is 40.7 Å². The summed E-state index contributed by atoms with van der Waals surface area (Å²) in [7, 11) is 0. The van der Waals surface area contributed by atoms with Crippen molar-refractivity contribution in [1.29, 1.82) is 0 Å². The van der Waals surface area contributed by atoms with E-state index >= 15 is 0 Å². The standard InChI is InChI=1S/C24H38O4/c1-7-14(4)26-21(25)24-11-10-22(5)12-17-23(6,28-17)20-19(27-20)18(22)16(24)9-8-15(24)13(2)3/h13-20H,7-12H2,1-6H3/t14?,15-,16+,17?,18-,19+,20?,22+,23-,24+/m1/s1. The number of rotatable bonds is 4. The van der Waals surface area contributed by atoms with Crippen molar-refractivity contribution in [2.75, 3.05) is 0 Å². The Morgan fingerprint density at radius 3 is 2.61 bits per heavy atom. The van der Waals surface area contributed by atoms with Crippen LogP contribution in [0.5, 0.6) is 0 Å². The lowest BCUT2D eigenvalue weighted by molar-refractivity contribution is -0.179. The molecule has 5 aliphatic rings. The predicted molar refractivity (Wildman–Crippen MR) is 107 cm³/mol. The molecule has 3 aliphatic carbocycles. The molecule has 0 aromatic rings. The molecule has 158 valence electrons. The minimum absolute atomic E-state index is 0.00302. The molecular weight excluding hydrogens is 352 g/mol. The van der Waals surface area contributed by atoms with Crippen LogP contribution in [0.2, 0.25) is 0 Å². The SMILES string of the molecule is CCC(C)OC(=O)[C@]12CC[C@@]3(C)CC4O[C@@]4(C)C4O[C@H]4[C@H]3[C@@H]1CC[C@@H]2C(C)C. The molecule has 2 heterocycles. The van der Waals surface area contributed by atoms with Gasteiger partial charge in [0.15, 0.2) is 0 Å². The molecule has 3 saturated carbocycles. The lowest BCUT2D eigenvalue weighted by atomic mass is 9.50. The molecule has 0 aromatic heterocycles. The summed E-state index contributed by atoms with van der Waals surface area (Å²) in [5.74, 6) is 1.90. The quantitative estimate of drug-likeness (QED) is 0.514. The zero-order valence-corrected chi connectivity index (χ0v) is 18.5. The average Bonchev–Trinajstić information content (AvgIpc) is 3.50. The van der Waals surface area contributed by atoms with E-state index in [1.165, 1.54) is 0 Å². The maximum Gasteiger partial charge on any atom is 0.312 e. The molecule has 0 spiro atoms. The minimum Gasteiger partial charge on any atom is -0.462 e. The number of fused-ring (bicyclic) bond motifs is 7. The number of carbonyl (C=O) groups excluding carboxylic acids is 1. The fourth-order valence-electron chi connectivity index (χ4n) is 7.79. The van der Waals surface area contributed by atoms with Crippen LogP contribution in [0.1, 0.15) is 80.1 Å². The van der Waals surface area contributed by atoms with Crippen LogP contribution in [-0.4, -0.2) is 36.0 Å². The Kier molecular flexibility index (Phi) is 4.13. The zero-order chi connectivity index (χ0) is 20.1. The normalized spacial score (nSPS) is 54.7. The number of ether oxygens (including phenoxy) is 3. The van der Waals surface area contributed by atoms with E-state index in [4.69, 9.17) is 14.2 Å². The Morgan fingerprint density at radius 2 is 1.93 bits per heavy atom. The number of hydrogen-bond acceptors (Lipinski definition) is 4. The summed E-state index contributed by atoms with van der Waals surface area (Å²) in [6.45, 7) is 13.4. The van der Waals surface area contributed by atoms with E-state index in [0.29, 0.717) is 29.8 Å². The van der Waals surface area contributed by atoms with Gasteiger partial charge in [0.05, 0.1) is 23.7 Å². The highest BCUT2D eigenvalue weighted by Crippen LogP contribution is 2.72. The van der Waals surface area contributed by atoms with Gasteiger partial charge in [-0.05, 0) is 81.5 Å². The van der Waals surface area contributed by atoms with Gasteiger partial charge in [0.2, 0.25) is 0 Å². The van der Waals surface area contributed by atoms with Gasteiger partial charge in [0, 0.05) is 0 Å². The smallest absolute Gasteiger partial charge is 0.312 e. The third-order valence-electron chi connectivity index (χ3n) is 9.60.